The van der Waals surface area contributed by atoms with Gasteiger partial charge in [-0.05, 0) is 28.7 Å². The molecule has 1 nitrogen and oxygen atoms in total. The molecular weight excluding hydrogens is 322 g/mol. The van der Waals surface area contributed by atoms with Crippen LogP contribution in [-0.2, 0) is 0 Å². The molecule has 0 aliphatic rings. The van der Waals surface area contributed by atoms with Gasteiger partial charge in [0.05, 0.1) is 3.57 Å². The second-order valence-corrected chi connectivity index (χ2v) is 3.76. The summed E-state index contributed by atoms with van der Waals surface area (Å²) in [5.41, 5.74) is -0.180. The van der Waals surface area contributed by atoms with Crippen LogP contribution in [0.15, 0.2) is 6.07 Å². The SMILES string of the molecule is FC(F)c1cc(Cl)nc(Cl)c1I. The van der Waals surface area contributed by atoms with E-state index < -0.39 is 6.43 Å². The van der Waals surface area contributed by atoms with Crippen molar-refractivity contribution in [3.8, 4) is 0 Å². The van der Waals surface area contributed by atoms with Crippen molar-refractivity contribution in [2.75, 3.05) is 0 Å². The number of aromatic nitrogens is 1. The summed E-state index contributed by atoms with van der Waals surface area (Å²) in [6.45, 7) is 0. The Morgan fingerprint density at radius 2 is 2.00 bits per heavy atom. The molecule has 1 aromatic rings. The molecule has 0 bridgehead atoms. The Morgan fingerprint density at radius 3 is 2.50 bits per heavy atom. The molecule has 0 aliphatic carbocycles. The highest BCUT2D eigenvalue weighted by atomic mass is 127. The zero-order valence-corrected chi connectivity index (χ0v) is 9.16. The van der Waals surface area contributed by atoms with E-state index in [1.807, 2.05) is 0 Å². The molecule has 1 rings (SSSR count). The van der Waals surface area contributed by atoms with Gasteiger partial charge in [0, 0.05) is 5.56 Å². The van der Waals surface area contributed by atoms with Gasteiger partial charge in [0.15, 0.2) is 0 Å². The maximum absolute atomic E-state index is 12.2. The zero-order valence-electron chi connectivity index (χ0n) is 5.49. The van der Waals surface area contributed by atoms with Crippen molar-refractivity contribution in [2.45, 2.75) is 6.43 Å². The van der Waals surface area contributed by atoms with E-state index in [1.165, 1.54) is 0 Å². The normalized spacial score (nSPS) is 10.8. The van der Waals surface area contributed by atoms with E-state index in [1.54, 1.807) is 22.6 Å². The molecule has 0 saturated heterocycles. The molecule has 12 heavy (non-hydrogen) atoms. The van der Waals surface area contributed by atoms with Gasteiger partial charge in [-0.15, -0.1) is 0 Å². The van der Waals surface area contributed by atoms with Crippen LogP contribution < -0.4 is 0 Å². The monoisotopic (exact) mass is 323 g/mol. The predicted molar refractivity (Wildman–Crippen MR) is 51.9 cm³/mol. The summed E-state index contributed by atoms with van der Waals surface area (Å²) >= 11 is 12.7. The molecule has 6 heteroatoms. The molecule has 0 saturated carbocycles. The highest BCUT2D eigenvalue weighted by Gasteiger charge is 2.15. The van der Waals surface area contributed by atoms with Crippen molar-refractivity contribution >= 4 is 45.8 Å². The summed E-state index contributed by atoms with van der Waals surface area (Å²) in [7, 11) is 0. The highest BCUT2D eigenvalue weighted by molar-refractivity contribution is 14.1. The molecule has 0 unspecified atom stereocenters. The smallest absolute Gasteiger partial charge is 0.223 e. The van der Waals surface area contributed by atoms with Crippen LogP contribution >= 0.6 is 45.8 Å². The second kappa shape index (κ2) is 4.02. The van der Waals surface area contributed by atoms with Crippen LogP contribution in [0.5, 0.6) is 0 Å². The lowest BCUT2D eigenvalue weighted by Crippen LogP contribution is -1.93. The third kappa shape index (κ3) is 2.17. The van der Waals surface area contributed by atoms with Crippen molar-refractivity contribution < 1.29 is 8.78 Å². The van der Waals surface area contributed by atoms with E-state index in [9.17, 15) is 8.78 Å². The van der Waals surface area contributed by atoms with Crippen molar-refractivity contribution in [2.24, 2.45) is 0 Å². The number of hydrogen-bond donors (Lipinski definition) is 0. The van der Waals surface area contributed by atoms with Gasteiger partial charge in [-0.25, -0.2) is 13.8 Å². The molecule has 1 aromatic heterocycles. The van der Waals surface area contributed by atoms with Crippen LogP contribution in [0.3, 0.4) is 0 Å². The lowest BCUT2D eigenvalue weighted by atomic mass is 10.3. The molecular formula is C6H2Cl2F2IN. The molecule has 0 aromatic carbocycles. The summed E-state index contributed by atoms with van der Waals surface area (Å²) in [6, 6.07) is 1.11. The van der Waals surface area contributed by atoms with Gasteiger partial charge in [-0.2, -0.15) is 0 Å². The van der Waals surface area contributed by atoms with Crippen molar-refractivity contribution in [3.05, 3.63) is 25.5 Å². The fraction of sp³-hybridized carbons (Fsp3) is 0.167. The summed E-state index contributed by atoms with van der Waals surface area (Å²) in [4.78, 5) is 3.61. The maximum Gasteiger partial charge on any atom is 0.265 e. The van der Waals surface area contributed by atoms with Gasteiger partial charge in [0.25, 0.3) is 6.43 Å². The van der Waals surface area contributed by atoms with Gasteiger partial charge >= 0.3 is 0 Å². The Labute approximate surface area is 91.2 Å². The average Bonchev–Trinajstić information content (AvgIpc) is 1.96. The average molecular weight is 324 g/mol. The first-order chi connectivity index (χ1) is 5.52. The second-order valence-electron chi connectivity index (χ2n) is 1.94. The van der Waals surface area contributed by atoms with Crippen LogP contribution in [0.1, 0.15) is 12.0 Å². The van der Waals surface area contributed by atoms with Crippen LogP contribution in [0.2, 0.25) is 10.3 Å². The molecule has 0 spiro atoms. The van der Waals surface area contributed by atoms with E-state index >= 15 is 0 Å². The van der Waals surface area contributed by atoms with Crippen LogP contribution in [0.25, 0.3) is 0 Å². The van der Waals surface area contributed by atoms with E-state index in [4.69, 9.17) is 23.2 Å². The van der Waals surface area contributed by atoms with Crippen molar-refractivity contribution in [3.63, 3.8) is 0 Å². The minimum absolute atomic E-state index is 0.0124. The number of alkyl halides is 2. The first-order valence-corrected chi connectivity index (χ1v) is 4.65. The van der Waals surface area contributed by atoms with Crippen LogP contribution in [0, 0.1) is 3.57 Å². The Hall–Kier alpha value is 0.320. The standard InChI is InChI=1S/C6H2Cl2F2IN/c7-3-1-2(6(9)10)4(11)5(8)12-3/h1,6H. The Bertz CT molecular complexity index is 306. The largest absolute Gasteiger partial charge is 0.265 e. The Morgan fingerprint density at radius 1 is 1.42 bits per heavy atom. The molecule has 0 amide bonds. The number of hydrogen-bond acceptors (Lipinski definition) is 1. The number of halogens is 5. The number of pyridine rings is 1. The van der Waals surface area contributed by atoms with Crippen molar-refractivity contribution in [1.29, 1.82) is 0 Å². The fourth-order valence-corrected chi connectivity index (χ4v) is 1.60. The first-order valence-electron chi connectivity index (χ1n) is 2.82. The van der Waals surface area contributed by atoms with E-state index in [-0.39, 0.29) is 19.4 Å². The fourth-order valence-electron chi connectivity index (χ4n) is 0.645. The Kier molecular flexibility index (Phi) is 3.48. The van der Waals surface area contributed by atoms with E-state index in [0.29, 0.717) is 0 Å². The van der Waals surface area contributed by atoms with Gasteiger partial charge in [-0.3, -0.25) is 0 Å². The lowest BCUT2D eigenvalue weighted by Gasteiger charge is -2.04. The van der Waals surface area contributed by atoms with Gasteiger partial charge < -0.3 is 0 Å². The van der Waals surface area contributed by atoms with Gasteiger partial charge in [0.1, 0.15) is 10.3 Å². The third-order valence-corrected chi connectivity index (χ3v) is 3.07. The topological polar surface area (TPSA) is 12.9 Å². The van der Waals surface area contributed by atoms with Crippen LogP contribution in [0.4, 0.5) is 8.78 Å². The summed E-state index contributed by atoms with van der Waals surface area (Å²) in [5, 5.41) is -0.00545. The summed E-state index contributed by atoms with van der Waals surface area (Å²) < 4.78 is 24.7. The Balaban J connectivity index is 3.28. The highest BCUT2D eigenvalue weighted by Crippen LogP contribution is 2.30. The first kappa shape index (κ1) is 10.4. The quantitative estimate of drug-likeness (QED) is 0.563. The van der Waals surface area contributed by atoms with E-state index in [0.717, 1.165) is 6.07 Å². The third-order valence-electron chi connectivity index (χ3n) is 1.15. The molecule has 0 atom stereocenters. The molecule has 1 heterocycles. The minimum atomic E-state index is -2.57. The molecule has 0 radical (unpaired) electrons. The molecule has 0 fully saturated rings. The lowest BCUT2D eigenvalue weighted by molar-refractivity contribution is 0.150. The van der Waals surface area contributed by atoms with Crippen LogP contribution in [-0.4, -0.2) is 4.98 Å². The van der Waals surface area contributed by atoms with E-state index in [2.05, 4.69) is 4.98 Å². The maximum atomic E-state index is 12.2. The summed E-state index contributed by atoms with van der Waals surface area (Å²) in [6.07, 6.45) is -2.57. The number of rotatable bonds is 1. The van der Waals surface area contributed by atoms with Crippen molar-refractivity contribution in [1.82, 2.24) is 4.98 Å². The number of nitrogens with zero attached hydrogens (tertiary/aromatic N) is 1. The zero-order chi connectivity index (χ0) is 9.30. The molecule has 66 valence electrons. The summed E-state index contributed by atoms with van der Waals surface area (Å²) in [5.74, 6) is 0. The minimum Gasteiger partial charge on any atom is -0.223 e. The molecule has 0 N–H and O–H groups in total. The van der Waals surface area contributed by atoms with Gasteiger partial charge in [-0.1, -0.05) is 23.2 Å². The predicted octanol–water partition coefficient (Wildman–Crippen LogP) is 3.93. The molecule has 0 aliphatic heterocycles. The van der Waals surface area contributed by atoms with Gasteiger partial charge in [0.2, 0.25) is 0 Å².